The van der Waals surface area contributed by atoms with E-state index < -0.39 is 32.5 Å². The Labute approximate surface area is 446 Å². The first-order chi connectivity index (χ1) is 35.8. The molecule has 0 bridgehead atoms. The van der Waals surface area contributed by atoms with Crippen molar-refractivity contribution in [3.63, 3.8) is 0 Å². The van der Waals surface area contributed by atoms with E-state index in [0.29, 0.717) is 12.8 Å². The molecule has 0 radical (unpaired) electrons. The fourth-order valence-electron chi connectivity index (χ4n) is 7.11. The Morgan fingerprint density at radius 2 is 0.712 bits per heavy atom. The van der Waals surface area contributed by atoms with Gasteiger partial charge in [-0.3, -0.25) is 18.6 Å². The van der Waals surface area contributed by atoms with Crippen molar-refractivity contribution in [3.05, 3.63) is 146 Å². The van der Waals surface area contributed by atoms with Gasteiger partial charge in [0, 0.05) is 19.4 Å². The highest BCUT2D eigenvalue weighted by Gasteiger charge is 2.26. The summed E-state index contributed by atoms with van der Waals surface area (Å²) in [5.41, 5.74) is 5.38. The monoisotopic (exact) mass is 1030 g/mol. The summed E-state index contributed by atoms with van der Waals surface area (Å²) in [5, 5.41) is 0. The van der Waals surface area contributed by atoms with Crippen LogP contribution in [0.1, 0.15) is 206 Å². The zero-order valence-corrected chi connectivity index (χ0v) is 46.7. The molecule has 0 aromatic carbocycles. The van der Waals surface area contributed by atoms with E-state index in [1.54, 1.807) is 0 Å². The number of hydrogen-bond donors (Lipinski definition) is 2. The molecule has 0 saturated heterocycles. The first-order valence-corrected chi connectivity index (χ1v) is 29.8. The van der Waals surface area contributed by atoms with Crippen molar-refractivity contribution < 1.29 is 37.6 Å². The minimum atomic E-state index is -4.41. The summed E-state index contributed by atoms with van der Waals surface area (Å²) in [6.45, 7) is 3.44. The molecule has 0 amide bonds. The smallest absolute Gasteiger partial charge is 0.462 e. The normalized spacial score (nSPS) is 14.2. The second kappa shape index (κ2) is 57.2. The topological polar surface area (TPSA) is 134 Å². The van der Waals surface area contributed by atoms with E-state index in [1.165, 1.54) is 57.8 Å². The maximum atomic E-state index is 12.7. The first kappa shape index (κ1) is 68.9. The van der Waals surface area contributed by atoms with E-state index in [4.69, 9.17) is 24.3 Å². The molecule has 412 valence electrons. The van der Waals surface area contributed by atoms with Crippen molar-refractivity contribution >= 4 is 19.8 Å². The molecule has 0 aromatic heterocycles. The molecular weight excluding hydrogens is 930 g/mol. The zero-order valence-electron chi connectivity index (χ0n) is 45.8. The number of phosphoric ester groups is 1. The number of esters is 2. The summed E-state index contributed by atoms with van der Waals surface area (Å²) < 4.78 is 33.0. The highest BCUT2D eigenvalue weighted by Crippen LogP contribution is 2.43. The van der Waals surface area contributed by atoms with Gasteiger partial charge in [0.1, 0.15) is 6.61 Å². The lowest BCUT2D eigenvalue weighted by Gasteiger charge is -2.19. The molecule has 3 N–H and O–H groups in total. The molecule has 0 aliphatic rings. The third-order valence-corrected chi connectivity index (χ3v) is 12.2. The Balaban J connectivity index is 4.08. The van der Waals surface area contributed by atoms with Gasteiger partial charge < -0.3 is 20.1 Å². The molecule has 0 aliphatic carbocycles. The molecule has 0 heterocycles. The molecule has 0 aliphatic heterocycles. The maximum Gasteiger partial charge on any atom is 0.472 e. The van der Waals surface area contributed by atoms with E-state index in [-0.39, 0.29) is 32.6 Å². The van der Waals surface area contributed by atoms with Crippen LogP contribution in [0.3, 0.4) is 0 Å². The number of carbonyl (C=O) groups excluding carboxylic acids is 2. The van der Waals surface area contributed by atoms with Crippen LogP contribution < -0.4 is 5.73 Å². The number of rotatable bonds is 51. The van der Waals surface area contributed by atoms with Gasteiger partial charge in [0.15, 0.2) is 6.10 Å². The van der Waals surface area contributed by atoms with Gasteiger partial charge in [0.25, 0.3) is 0 Å². The fourth-order valence-corrected chi connectivity index (χ4v) is 7.88. The molecule has 0 spiro atoms. The third-order valence-electron chi connectivity index (χ3n) is 11.2. The molecule has 0 saturated carbocycles. The van der Waals surface area contributed by atoms with Gasteiger partial charge in [-0.2, -0.15) is 0 Å². The summed E-state index contributed by atoms with van der Waals surface area (Å²) >= 11 is 0. The number of ether oxygens (including phenoxy) is 2. The number of hydrogen-bond acceptors (Lipinski definition) is 8. The van der Waals surface area contributed by atoms with Gasteiger partial charge in [-0.15, -0.1) is 0 Å². The van der Waals surface area contributed by atoms with Crippen molar-refractivity contribution in [1.29, 1.82) is 0 Å². The lowest BCUT2D eigenvalue weighted by atomic mass is 10.0. The molecule has 0 fully saturated rings. The molecule has 0 rings (SSSR count). The largest absolute Gasteiger partial charge is 0.472 e. The molecule has 9 nitrogen and oxygen atoms in total. The summed E-state index contributed by atoms with van der Waals surface area (Å²) in [5.74, 6) is -0.892. The van der Waals surface area contributed by atoms with Gasteiger partial charge in [-0.05, 0) is 116 Å². The first-order valence-electron chi connectivity index (χ1n) is 28.3. The van der Waals surface area contributed by atoms with E-state index >= 15 is 0 Å². The lowest BCUT2D eigenvalue weighted by Crippen LogP contribution is -2.29. The van der Waals surface area contributed by atoms with E-state index in [1.807, 2.05) is 0 Å². The Kier molecular flexibility index (Phi) is 54.0. The van der Waals surface area contributed by atoms with Gasteiger partial charge in [0.05, 0.1) is 13.2 Å². The van der Waals surface area contributed by atoms with Crippen LogP contribution in [0.4, 0.5) is 0 Å². The average Bonchev–Trinajstić information content (AvgIpc) is 3.38. The van der Waals surface area contributed by atoms with Gasteiger partial charge in [-0.25, -0.2) is 4.57 Å². The van der Waals surface area contributed by atoms with E-state index in [2.05, 4.69) is 160 Å². The maximum absolute atomic E-state index is 12.7. The van der Waals surface area contributed by atoms with Crippen molar-refractivity contribution in [2.75, 3.05) is 26.4 Å². The molecule has 10 heteroatoms. The number of nitrogens with two attached hydrogens (primary N) is 1. The second-order valence-electron chi connectivity index (χ2n) is 18.0. The minimum absolute atomic E-state index is 0.0390. The van der Waals surface area contributed by atoms with Crippen molar-refractivity contribution in [2.24, 2.45) is 5.73 Å². The number of carbonyl (C=O) groups is 2. The Morgan fingerprint density at radius 3 is 1.08 bits per heavy atom. The van der Waals surface area contributed by atoms with Gasteiger partial charge >= 0.3 is 19.8 Å². The van der Waals surface area contributed by atoms with Crippen molar-refractivity contribution in [3.8, 4) is 0 Å². The summed E-state index contributed by atoms with van der Waals surface area (Å²) in [6.07, 6.45) is 81.8. The highest BCUT2D eigenvalue weighted by atomic mass is 31.2. The Bertz CT molecular complexity index is 1700. The number of allylic oxidation sites excluding steroid dienone is 24. The third kappa shape index (κ3) is 57.0. The quantitative estimate of drug-likeness (QED) is 0.0264. The van der Waals surface area contributed by atoms with E-state index in [9.17, 15) is 19.0 Å². The highest BCUT2D eigenvalue weighted by molar-refractivity contribution is 7.47. The van der Waals surface area contributed by atoms with Crippen LogP contribution in [0.15, 0.2) is 146 Å². The van der Waals surface area contributed by atoms with Crippen LogP contribution in [-0.2, 0) is 32.7 Å². The SMILES string of the molecule is CC/C=C\C/C=C\C/C=C\C/C=C\C/C=C\C/C=C\CCCCCCCCCCCCCCC(=O)OC(COC(=O)CCCC/C=C\C/C=C\C/C=C\C/C=C\C/C=C\C/C=C\CC)COP(=O)(O)OCCN. The van der Waals surface area contributed by atoms with Crippen LogP contribution in [-0.4, -0.2) is 49.3 Å². The molecule has 2 unspecified atom stereocenters. The molecular formula is C63H102NO8P. The van der Waals surface area contributed by atoms with Crippen LogP contribution in [0.2, 0.25) is 0 Å². The predicted octanol–water partition coefficient (Wildman–Crippen LogP) is 18.0. The Morgan fingerprint density at radius 1 is 0.411 bits per heavy atom. The summed E-state index contributed by atoms with van der Waals surface area (Å²) in [7, 11) is -4.41. The standard InChI is InChI=1S/C63H102NO8P/c1-3-5-7-9-11-13-15-17-19-21-23-25-26-27-28-29-30-31-32-33-34-36-38-40-42-44-46-48-50-52-54-56-63(66)72-61(60-71-73(67,68)70-58-57-64)59-69-62(65)55-53-51-49-47-45-43-41-39-37-35-24-22-20-18-16-14-12-10-8-6-4-2/h5-8,11-14,17-20,23-25,27-28,30-31,35,39,41,45,47,61H,3-4,9-10,15-16,21-22,26,29,32-34,36-38,40,42-44,46,48-60,64H2,1-2H3,(H,67,68)/b7-5-,8-6-,13-11-,14-12-,19-17-,20-18-,25-23-,28-27-,31-30-,35-24-,41-39-,47-45-. The van der Waals surface area contributed by atoms with Crippen molar-refractivity contribution in [1.82, 2.24) is 0 Å². The molecule has 0 aromatic rings. The van der Waals surface area contributed by atoms with Gasteiger partial charge in [0.2, 0.25) is 0 Å². The fraction of sp³-hybridized carbons (Fsp3) is 0.587. The Hall–Kier alpha value is -4.11. The van der Waals surface area contributed by atoms with Crippen LogP contribution in [0.5, 0.6) is 0 Å². The second-order valence-corrected chi connectivity index (χ2v) is 19.5. The van der Waals surface area contributed by atoms with E-state index in [0.717, 1.165) is 109 Å². The number of unbranched alkanes of at least 4 members (excludes halogenated alkanes) is 14. The minimum Gasteiger partial charge on any atom is -0.462 e. The molecule has 73 heavy (non-hydrogen) atoms. The average molecular weight is 1030 g/mol. The summed E-state index contributed by atoms with van der Waals surface area (Å²) in [4.78, 5) is 35.2. The predicted molar refractivity (Wildman–Crippen MR) is 311 cm³/mol. The lowest BCUT2D eigenvalue weighted by molar-refractivity contribution is -0.161. The van der Waals surface area contributed by atoms with Crippen LogP contribution >= 0.6 is 7.82 Å². The van der Waals surface area contributed by atoms with Gasteiger partial charge in [-0.1, -0.05) is 224 Å². The van der Waals surface area contributed by atoms with Crippen molar-refractivity contribution in [2.45, 2.75) is 213 Å². The van der Waals surface area contributed by atoms with Crippen LogP contribution in [0.25, 0.3) is 0 Å². The molecule has 2 atom stereocenters. The van der Waals surface area contributed by atoms with Crippen LogP contribution in [0, 0.1) is 0 Å². The summed E-state index contributed by atoms with van der Waals surface area (Å²) in [6, 6.07) is 0. The number of phosphoric acid groups is 1. The zero-order chi connectivity index (χ0) is 53.1.